The van der Waals surface area contributed by atoms with Gasteiger partial charge in [-0.3, -0.25) is 4.79 Å². The zero-order chi connectivity index (χ0) is 20.8. The topological polar surface area (TPSA) is 75.6 Å². The fourth-order valence-electron chi connectivity index (χ4n) is 2.95. The van der Waals surface area contributed by atoms with Crippen LogP contribution in [0.1, 0.15) is 22.9 Å². The van der Waals surface area contributed by atoms with Crippen molar-refractivity contribution in [3.8, 4) is 0 Å². The molecule has 0 spiro atoms. The lowest BCUT2D eigenvalue weighted by Gasteiger charge is -2.20. The first kappa shape index (κ1) is 19.5. The first-order valence-corrected chi connectivity index (χ1v) is 9.45. The molecule has 1 aromatic heterocycles. The lowest BCUT2D eigenvalue weighted by atomic mass is 10.2. The standard InChI is InChI=1S/C23H20N2O5/c26-21-23(27)30-25(24(21)29-17-19-12-6-2-7-13-19)22(20-14-8-3-9-15-20)28-16-18-10-4-1-5-11-18/h1-15,22H,16-17H2. The first-order chi connectivity index (χ1) is 14.7. The van der Waals surface area contributed by atoms with E-state index in [4.69, 9.17) is 14.1 Å². The summed E-state index contributed by atoms with van der Waals surface area (Å²) in [5.41, 5.74) is 0.518. The monoisotopic (exact) mass is 404 g/mol. The van der Waals surface area contributed by atoms with Crippen molar-refractivity contribution in [2.45, 2.75) is 19.4 Å². The third-order valence-electron chi connectivity index (χ3n) is 4.44. The van der Waals surface area contributed by atoms with Gasteiger partial charge in [-0.15, -0.1) is 0 Å². The SMILES string of the molecule is O=c1on(C(OCc2ccccc2)c2ccccc2)n(OCc2ccccc2)c1=O. The molecule has 7 nitrogen and oxygen atoms in total. The van der Waals surface area contributed by atoms with Crippen molar-refractivity contribution in [1.29, 1.82) is 0 Å². The average molecular weight is 404 g/mol. The molecular formula is C23H20N2O5. The van der Waals surface area contributed by atoms with E-state index in [1.54, 1.807) is 0 Å². The van der Waals surface area contributed by atoms with Gasteiger partial charge in [-0.2, -0.15) is 0 Å². The lowest BCUT2D eigenvalue weighted by molar-refractivity contribution is -0.105. The van der Waals surface area contributed by atoms with Crippen molar-refractivity contribution >= 4 is 0 Å². The van der Waals surface area contributed by atoms with Gasteiger partial charge in [0.05, 0.1) is 6.61 Å². The number of hydrogen-bond acceptors (Lipinski definition) is 5. The van der Waals surface area contributed by atoms with Crippen LogP contribution in [0.15, 0.2) is 105 Å². The largest absolute Gasteiger partial charge is 0.428 e. The summed E-state index contributed by atoms with van der Waals surface area (Å²) in [5, 5.41) is 0. The third kappa shape index (κ3) is 4.42. The van der Waals surface area contributed by atoms with E-state index in [1.165, 1.54) is 0 Å². The van der Waals surface area contributed by atoms with E-state index in [1.807, 2.05) is 91.0 Å². The van der Waals surface area contributed by atoms with Gasteiger partial charge < -0.3 is 14.1 Å². The number of aromatic nitrogens is 2. The Labute approximate surface area is 172 Å². The fraction of sp³-hybridized carbons (Fsp3) is 0.130. The molecule has 0 amide bonds. The molecule has 4 rings (SSSR count). The Hall–Kier alpha value is -3.84. The minimum Gasteiger partial charge on any atom is -0.388 e. The Bertz CT molecular complexity index is 1180. The molecule has 0 aliphatic heterocycles. The molecule has 0 bridgehead atoms. The van der Waals surface area contributed by atoms with Crippen LogP contribution in [0.25, 0.3) is 0 Å². The van der Waals surface area contributed by atoms with Crippen molar-refractivity contribution in [3.63, 3.8) is 0 Å². The molecule has 3 aromatic carbocycles. The molecule has 0 aliphatic carbocycles. The minimum atomic E-state index is -1.03. The Morgan fingerprint density at radius 1 is 0.733 bits per heavy atom. The van der Waals surface area contributed by atoms with Crippen LogP contribution in [0.2, 0.25) is 0 Å². The second-order valence-electron chi connectivity index (χ2n) is 6.58. The third-order valence-corrected chi connectivity index (χ3v) is 4.44. The second kappa shape index (κ2) is 9.11. The predicted octanol–water partition coefficient (Wildman–Crippen LogP) is 3.00. The molecule has 1 unspecified atom stereocenters. The van der Waals surface area contributed by atoms with Gasteiger partial charge in [0, 0.05) is 5.56 Å². The van der Waals surface area contributed by atoms with Crippen LogP contribution in [0.5, 0.6) is 0 Å². The quantitative estimate of drug-likeness (QED) is 0.422. The van der Waals surface area contributed by atoms with Crippen LogP contribution in [0.3, 0.4) is 0 Å². The van der Waals surface area contributed by atoms with Crippen molar-refractivity contribution in [1.82, 2.24) is 9.70 Å². The molecule has 0 saturated heterocycles. The van der Waals surface area contributed by atoms with E-state index in [2.05, 4.69) is 0 Å². The molecule has 1 heterocycles. The van der Waals surface area contributed by atoms with E-state index in [9.17, 15) is 9.59 Å². The van der Waals surface area contributed by atoms with E-state index in [-0.39, 0.29) is 13.2 Å². The van der Waals surface area contributed by atoms with Crippen LogP contribution >= 0.6 is 0 Å². The number of hydrogen-bond donors (Lipinski definition) is 0. The summed E-state index contributed by atoms with van der Waals surface area (Å²) in [7, 11) is 0. The highest BCUT2D eigenvalue weighted by Crippen LogP contribution is 2.20. The van der Waals surface area contributed by atoms with Crippen molar-refractivity contribution in [2.75, 3.05) is 0 Å². The van der Waals surface area contributed by atoms with Crippen molar-refractivity contribution in [3.05, 3.63) is 128 Å². The van der Waals surface area contributed by atoms with Crippen LogP contribution < -0.4 is 16.0 Å². The molecule has 30 heavy (non-hydrogen) atoms. The Balaban J connectivity index is 1.66. The summed E-state index contributed by atoms with van der Waals surface area (Å²) in [4.78, 5) is 31.9. The summed E-state index contributed by atoms with van der Waals surface area (Å²) < 4.78 is 11.3. The molecule has 0 fully saturated rings. The Kier molecular flexibility index (Phi) is 5.91. The molecule has 1 atom stereocenters. The lowest BCUT2D eigenvalue weighted by Crippen LogP contribution is -2.36. The van der Waals surface area contributed by atoms with E-state index < -0.39 is 17.4 Å². The zero-order valence-corrected chi connectivity index (χ0v) is 16.1. The maximum Gasteiger partial charge on any atom is 0.428 e. The van der Waals surface area contributed by atoms with E-state index in [0.29, 0.717) is 5.56 Å². The van der Waals surface area contributed by atoms with Crippen LogP contribution in [0.4, 0.5) is 0 Å². The molecule has 0 aliphatic rings. The number of ether oxygens (including phenoxy) is 1. The molecule has 7 heteroatoms. The summed E-state index contributed by atoms with van der Waals surface area (Å²) in [6, 6.07) is 28.1. The molecule has 0 N–H and O–H groups in total. The molecule has 0 radical (unpaired) electrons. The van der Waals surface area contributed by atoms with Crippen molar-refractivity contribution < 1.29 is 14.1 Å². The number of nitrogens with zero attached hydrogens (tertiary/aromatic N) is 2. The molecule has 0 saturated carbocycles. The van der Waals surface area contributed by atoms with Crippen molar-refractivity contribution in [2.24, 2.45) is 0 Å². The van der Waals surface area contributed by atoms with Crippen LogP contribution in [0, 0.1) is 0 Å². The zero-order valence-electron chi connectivity index (χ0n) is 16.1. The van der Waals surface area contributed by atoms with Crippen LogP contribution in [-0.4, -0.2) is 9.70 Å². The van der Waals surface area contributed by atoms with Gasteiger partial charge in [-0.25, -0.2) is 4.79 Å². The van der Waals surface area contributed by atoms with Gasteiger partial charge in [0.25, 0.3) is 0 Å². The predicted molar refractivity (Wildman–Crippen MR) is 110 cm³/mol. The minimum absolute atomic E-state index is 0.0832. The Morgan fingerprint density at radius 2 is 1.27 bits per heavy atom. The molecular weight excluding hydrogens is 384 g/mol. The normalized spacial score (nSPS) is 11.9. The maximum atomic E-state index is 12.4. The summed E-state index contributed by atoms with van der Waals surface area (Å²) in [6.45, 7) is 0.328. The number of rotatable bonds is 8. The smallest absolute Gasteiger partial charge is 0.388 e. The first-order valence-electron chi connectivity index (χ1n) is 9.45. The van der Waals surface area contributed by atoms with E-state index in [0.717, 1.165) is 20.8 Å². The second-order valence-corrected chi connectivity index (χ2v) is 6.58. The highest BCUT2D eigenvalue weighted by atomic mass is 16.7. The van der Waals surface area contributed by atoms with Gasteiger partial charge in [-0.1, -0.05) is 95.8 Å². The number of benzene rings is 3. The average Bonchev–Trinajstić information content (AvgIpc) is 3.08. The van der Waals surface area contributed by atoms with Crippen LogP contribution in [-0.2, 0) is 18.0 Å². The van der Waals surface area contributed by atoms with Gasteiger partial charge >= 0.3 is 11.2 Å². The van der Waals surface area contributed by atoms with Gasteiger partial charge in [0.2, 0.25) is 6.23 Å². The Morgan fingerprint density at radius 3 is 1.87 bits per heavy atom. The van der Waals surface area contributed by atoms with E-state index >= 15 is 0 Å². The molecule has 4 aromatic rings. The highest BCUT2D eigenvalue weighted by molar-refractivity contribution is 5.18. The van der Waals surface area contributed by atoms with Gasteiger partial charge in [0.1, 0.15) is 6.61 Å². The maximum absolute atomic E-state index is 12.4. The van der Waals surface area contributed by atoms with Gasteiger partial charge in [-0.05, 0) is 16.0 Å². The summed E-state index contributed by atoms with van der Waals surface area (Å²) >= 11 is 0. The highest BCUT2D eigenvalue weighted by Gasteiger charge is 2.24. The fourth-order valence-corrected chi connectivity index (χ4v) is 2.95. The molecule has 152 valence electrons. The summed E-state index contributed by atoms with van der Waals surface area (Å²) in [5.74, 6) is 0. The van der Waals surface area contributed by atoms with Gasteiger partial charge in [0.15, 0.2) is 0 Å². The summed E-state index contributed by atoms with van der Waals surface area (Å²) in [6.07, 6.45) is -0.877.